The Morgan fingerprint density at radius 1 is 1.03 bits per heavy atom. The van der Waals surface area contributed by atoms with Crippen LogP contribution in [0.5, 0.6) is 0 Å². The molecule has 37 heavy (non-hydrogen) atoms. The van der Waals surface area contributed by atoms with Gasteiger partial charge < -0.3 is 9.42 Å². The molecule has 0 unspecified atom stereocenters. The van der Waals surface area contributed by atoms with Crippen LogP contribution < -0.4 is 4.90 Å². The van der Waals surface area contributed by atoms with Crippen LogP contribution in [-0.4, -0.2) is 43.9 Å². The highest BCUT2D eigenvalue weighted by Crippen LogP contribution is 2.31. The molecule has 2 aromatic carbocycles. The lowest BCUT2D eigenvalue weighted by Crippen LogP contribution is -2.46. The largest absolute Gasteiger partial charge is 0.355 e. The van der Waals surface area contributed by atoms with Gasteiger partial charge in [-0.1, -0.05) is 46.6 Å². The van der Waals surface area contributed by atoms with E-state index in [2.05, 4.69) is 17.3 Å². The van der Waals surface area contributed by atoms with Gasteiger partial charge in [0.2, 0.25) is 15.9 Å². The molecular weight excluding hydrogens is 486 g/mol. The van der Waals surface area contributed by atoms with Crippen molar-refractivity contribution in [3.63, 3.8) is 0 Å². The second-order valence-electron chi connectivity index (χ2n) is 10.0. The van der Waals surface area contributed by atoms with Crippen molar-refractivity contribution in [2.24, 2.45) is 5.92 Å². The Morgan fingerprint density at radius 2 is 1.68 bits per heavy atom. The van der Waals surface area contributed by atoms with Crippen LogP contribution in [0.15, 0.2) is 45.8 Å². The second kappa shape index (κ2) is 10.6. The monoisotopic (exact) mass is 521 g/mol. The molecular formula is C29H35N3O4S. The van der Waals surface area contributed by atoms with E-state index in [1.807, 2.05) is 58.0 Å². The fourth-order valence-electron chi connectivity index (χ4n) is 5.07. The highest BCUT2D eigenvalue weighted by molar-refractivity contribution is 7.89. The molecule has 1 aliphatic heterocycles. The molecule has 1 aromatic heterocycles. The number of anilines is 1. The maximum absolute atomic E-state index is 13.8. The summed E-state index contributed by atoms with van der Waals surface area (Å²) in [5.74, 6) is -0.315. The number of aryl methyl sites for hydroxylation is 5. The van der Waals surface area contributed by atoms with Crippen LogP contribution >= 0.6 is 0 Å². The van der Waals surface area contributed by atoms with Crippen molar-refractivity contribution in [1.82, 2.24) is 9.46 Å². The predicted octanol–water partition coefficient (Wildman–Crippen LogP) is 5.45. The van der Waals surface area contributed by atoms with Crippen molar-refractivity contribution < 1.29 is 17.7 Å². The number of carbonyl (C=O) groups is 1. The van der Waals surface area contributed by atoms with E-state index in [4.69, 9.17) is 4.52 Å². The maximum atomic E-state index is 13.8. The van der Waals surface area contributed by atoms with Crippen molar-refractivity contribution in [2.45, 2.75) is 52.4 Å². The Balaban J connectivity index is 1.58. The molecule has 3 aromatic rings. The van der Waals surface area contributed by atoms with Crippen LogP contribution in [0.25, 0.3) is 12.2 Å². The molecule has 0 radical (unpaired) electrons. The molecule has 0 bridgehead atoms. The number of piperidine rings is 1. The molecule has 0 saturated carbocycles. The summed E-state index contributed by atoms with van der Waals surface area (Å²) in [5.41, 5.74) is 6.61. The smallest absolute Gasteiger partial charge is 0.248 e. The fourth-order valence-corrected chi connectivity index (χ4v) is 6.85. The molecule has 1 atom stereocenters. The first-order valence-corrected chi connectivity index (χ1v) is 14.0. The maximum Gasteiger partial charge on any atom is 0.248 e. The molecule has 1 aliphatic rings. The van der Waals surface area contributed by atoms with Crippen LogP contribution in [0.4, 0.5) is 5.69 Å². The van der Waals surface area contributed by atoms with Crippen LogP contribution in [0.3, 0.4) is 0 Å². The molecule has 1 amide bonds. The van der Waals surface area contributed by atoms with Gasteiger partial charge in [-0.05, 0) is 82.4 Å². The number of aromatic nitrogens is 1. The summed E-state index contributed by atoms with van der Waals surface area (Å²) in [5, 5.41) is 3.97. The van der Waals surface area contributed by atoms with Crippen molar-refractivity contribution in [3.8, 4) is 0 Å². The van der Waals surface area contributed by atoms with E-state index in [1.165, 1.54) is 9.87 Å². The molecule has 2 heterocycles. The van der Waals surface area contributed by atoms with Crippen molar-refractivity contribution in [3.05, 3.63) is 75.7 Å². The number of benzene rings is 2. The van der Waals surface area contributed by atoms with Crippen LogP contribution in [0.2, 0.25) is 0 Å². The molecule has 0 spiro atoms. The average Bonchev–Trinajstić information content (AvgIpc) is 3.24. The summed E-state index contributed by atoms with van der Waals surface area (Å²) >= 11 is 0. The minimum Gasteiger partial charge on any atom is -0.355 e. The van der Waals surface area contributed by atoms with Crippen LogP contribution in [0, 0.1) is 40.5 Å². The SMILES string of the molecule is Cc1ccc(N(C)C(=O)[C@H]2CCCN(S(=O)(=O)c3c(C)noc3/C=C/c3c(C)cc(C)cc3C)C2)cc1. The Hall–Kier alpha value is -3.23. The normalized spacial score (nSPS) is 16.9. The standard InChI is InChI=1S/C29H35N3O4S/c1-19-9-11-25(12-10-19)31(6)29(33)24-8-7-15-32(18-24)37(34,35)28-23(5)30-36-27(28)14-13-26-21(3)16-20(2)17-22(26)4/h9-14,16-17,24H,7-8,15,18H2,1-6H3/b14-13+/t24-/m0/s1. The average molecular weight is 522 g/mol. The van der Waals surface area contributed by atoms with E-state index in [0.29, 0.717) is 25.1 Å². The quantitative estimate of drug-likeness (QED) is 0.431. The van der Waals surface area contributed by atoms with E-state index in [0.717, 1.165) is 27.9 Å². The lowest BCUT2D eigenvalue weighted by atomic mass is 9.98. The highest BCUT2D eigenvalue weighted by Gasteiger charge is 2.37. The lowest BCUT2D eigenvalue weighted by Gasteiger charge is -2.33. The van der Waals surface area contributed by atoms with Gasteiger partial charge in [0.15, 0.2) is 10.7 Å². The number of hydrogen-bond acceptors (Lipinski definition) is 5. The number of hydrogen-bond donors (Lipinski definition) is 0. The summed E-state index contributed by atoms with van der Waals surface area (Å²) in [4.78, 5) is 15.0. The first-order valence-electron chi connectivity index (χ1n) is 12.6. The molecule has 1 fully saturated rings. The number of rotatable bonds is 6. The summed E-state index contributed by atoms with van der Waals surface area (Å²) in [6.07, 6.45) is 4.80. The first kappa shape index (κ1) is 26.8. The van der Waals surface area contributed by atoms with Crippen molar-refractivity contribution in [2.75, 3.05) is 25.0 Å². The molecule has 196 valence electrons. The van der Waals surface area contributed by atoms with Gasteiger partial charge in [0.1, 0.15) is 5.69 Å². The van der Waals surface area contributed by atoms with Gasteiger partial charge in [0, 0.05) is 25.8 Å². The van der Waals surface area contributed by atoms with Gasteiger partial charge in [0.05, 0.1) is 5.92 Å². The predicted molar refractivity (Wildman–Crippen MR) is 147 cm³/mol. The molecule has 0 N–H and O–H groups in total. The second-order valence-corrected chi connectivity index (χ2v) is 11.9. The van der Waals surface area contributed by atoms with Gasteiger partial charge in [-0.15, -0.1) is 0 Å². The van der Waals surface area contributed by atoms with Gasteiger partial charge >= 0.3 is 0 Å². The van der Waals surface area contributed by atoms with E-state index >= 15 is 0 Å². The summed E-state index contributed by atoms with van der Waals surface area (Å²) in [7, 11) is -2.18. The zero-order chi connectivity index (χ0) is 26.9. The Morgan fingerprint density at radius 3 is 2.32 bits per heavy atom. The van der Waals surface area contributed by atoms with Gasteiger partial charge in [-0.2, -0.15) is 4.31 Å². The lowest BCUT2D eigenvalue weighted by molar-refractivity contribution is -0.123. The summed E-state index contributed by atoms with van der Waals surface area (Å²) in [6, 6.07) is 11.9. The number of carbonyl (C=O) groups excluding carboxylic acids is 1. The minimum absolute atomic E-state index is 0.0613. The number of amides is 1. The summed E-state index contributed by atoms with van der Waals surface area (Å²) in [6.45, 7) is 10.2. The number of sulfonamides is 1. The molecule has 4 rings (SSSR count). The van der Waals surface area contributed by atoms with Gasteiger partial charge in [-0.3, -0.25) is 4.79 Å². The third kappa shape index (κ3) is 5.55. The Bertz CT molecular complexity index is 1420. The molecule has 7 nitrogen and oxygen atoms in total. The zero-order valence-electron chi connectivity index (χ0n) is 22.4. The van der Waals surface area contributed by atoms with Crippen molar-refractivity contribution >= 4 is 33.8 Å². The third-order valence-corrected chi connectivity index (χ3v) is 9.08. The Kier molecular flexibility index (Phi) is 7.71. The van der Waals surface area contributed by atoms with Crippen LogP contribution in [-0.2, 0) is 14.8 Å². The topological polar surface area (TPSA) is 83.7 Å². The van der Waals surface area contributed by atoms with E-state index in [-0.39, 0.29) is 23.1 Å². The van der Waals surface area contributed by atoms with E-state index in [9.17, 15) is 13.2 Å². The Labute approximate surface area is 219 Å². The summed E-state index contributed by atoms with van der Waals surface area (Å²) < 4.78 is 34.4. The fraction of sp³-hybridized carbons (Fsp3) is 0.379. The van der Waals surface area contributed by atoms with Crippen molar-refractivity contribution in [1.29, 1.82) is 0 Å². The third-order valence-electron chi connectivity index (χ3n) is 7.06. The molecule has 1 saturated heterocycles. The first-order chi connectivity index (χ1) is 17.5. The van der Waals surface area contributed by atoms with E-state index < -0.39 is 15.9 Å². The number of nitrogens with zero attached hydrogens (tertiary/aromatic N) is 3. The van der Waals surface area contributed by atoms with E-state index in [1.54, 1.807) is 24.9 Å². The minimum atomic E-state index is -3.92. The zero-order valence-corrected chi connectivity index (χ0v) is 23.2. The molecule has 0 aliphatic carbocycles. The van der Waals surface area contributed by atoms with Gasteiger partial charge in [-0.25, -0.2) is 8.42 Å². The highest BCUT2D eigenvalue weighted by atomic mass is 32.2. The molecule has 8 heteroatoms. The van der Waals surface area contributed by atoms with Crippen LogP contribution in [0.1, 0.15) is 52.1 Å². The van der Waals surface area contributed by atoms with Gasteiger partial charge in [0.25, 0.3) is 0 Å².